The van der Waals surface area contributed by atoms with Crippen LogP contribution in [0.5, 0.6) is 0 Å². The van der Waals surface area contributed by atoms with E-state index < -0.39 is 0 Å². The van der Waals surface area contributed by atoms with Gasteiger partial charge in [-0.3, -0.25) is 0 Å². The maximum absolute atomic E-state index is 5.65. The zero-order valence-corrected chi connectivity index (χ0v) is 12.6. The van der Waals surface area contributed by atoms with Crippen molar-refractivity contribution >= 4 is 16.6 Å². The van der Waals surface area contributed by atoms with Crippen molar-refractivity contribution in [2.45, 2.75) is 25.9 Å². The molecule has 1 N–H and O–H groups in total. The van der Waals surface area contributed by atoms with E-state index in [1.165, 1.54) is 0 Å². The van der Waals surface area contributed by atoms with Crippen LogP contribution < -0.4 is 10.2 Å². The van der Waals surface area contributed by atoms with Gasteiger partial charge in [0.15, 0.2) is 5.82 Å². The van der Waals surface area contributed by atoms with Crippen LogP contribution >= 0.6 is 0 Å². The van der Waals surface area contributed by atoms with Crippen LogP contribution in [0, 0.1) is 0 Å². The van der Waals surface area contributed by atoms with Gasteiger partial charge >= 0.3 is 0 Å². The quantitative estimate of drug-likeness (QED) is 0.929. The molecule has 2 heterocycles. The van der Waals surface area contributed by atoms with Gasteiger partial charge in [-0.05, 0) is 0 Å². The van der Waals surface area contributed by atoms with Crippen LogP contribution in [0.15, 0.2) is 30.5 Å². The molecule has 0 bridgehead atoms. The maximum atomic E-state index is 5.65. The van der Waals surface area contributed by atoms with E-state index in [2.05, 4.69) is 52.5 Å². The van der Waals surface area contributed by atoms with Crippen molar-refractivity contribution in [3.8, 4) is 0 Å². The summed E-state index contributed by atoms with van der Waals surface area (Å²) < 4.78 is 5.65. The lowest BCUT2D eigenvalue weighted by Crippen LogP contribution is -2.51. The molecule has 112 valence electrons. The summed E-state index contributed by atoms with van der Waals surface area (Å²) in [5.74, 6) is 0.965. The molecule has 1 saturated heterocycles. The Bertz CT molecular complexity index is 596. The molecule has 0 radical (unpaired) electrons. The SMILES string of the molecule is CC(C)NCC1COCCN1c1nncc2ccccc12. The second kappa shape index (κ2) is 6.37. The Labute approximate surface area is 125 Å². The fourth-order valence-electron chi connectivity index (χ4n) is 2.70. The molecule has 0 saturated carbocycles. The molecule has 0 aliphatic carbocycles. The molecule has 5 nitrogen and oxygen atoms in total. The highest BCUT2D eigenvalue weighted by Crippen LogP contribution is 2.25. The minimum atomic E-state index is 0.293. The van der Waals surface area contributed by atoms with E-state index in [-0.39, 0.29) is 0 Å². The van der Waals surface area contributed by atoms with Crippen molar-refractivity contribution in [3.05, 3.63) is 30.5 Å². The first-order valence-electron chi connectivity index (χ1n) is 7.54. The largest absolute Gasteiger partial charge is 0.377 e. The normalized spacial score (nSPS) is 19.4. The summed E-state index contributed by atoms with van der Waals surface area (Å²) in [6.45, 7) is 7.53. The Hall–Kier alpha value is -1.72. The van der Waals surface area contributed by atoms with Crippen LogP contribution in [0.4, 0.5) is 5.82 Å². The molecule has 1 atom stereocenters. The van der Waals surface area contributed by atoms with E-state index in [0.717, 1.165) is 42.9 Å². The molecule has 1 unspecified atom stereocenters. The van der Waals surface area contributed by atoms with Crippen molar-refractivity contribution in [1.29, 1.82) is 0 Å². The van der Waals surface area contributed by atoms with Gasteiger partial charge in [-0.15, -0.1) is 5.10 Å². The van der Waals surface area contributed by atoms with E-state index >= 15 is 0 Å². The number of hydrogen-bond donors (Lipinski definition) is 1. The summed E-state index contributed by atoms with van der Waals surface area (Å²) in [7, 11) is 0. The van der Waals surface area contributed by atoms with Crippen molar-refractivity contribution in [3.63, 3.8) is 0 Å². The number of morpholine rings is 1. The third-order valence-corrected chi connectivity index (χ3v) is 3.81. The molecule has 1 aliphatic rings. The Balaban J connectivity index is 1.91. The number of fused-ring (bicyclic) bond motifs is 1. The first kappa shape index (κ1) is 14.2. The van der Waals surface area contributed by atoms with E-state index in [1.807, 2.05) is 12.3 Å². The fraction of sp³-hybridized carbons (Fsp3) is 0.500. The molecule has 0 amide bonds. The van der Waals surface area contributed by atoms with Crippen LogP contribution in [-0.2, 0) is 4.74 Å². The number of aromatic nitrogens is 2. The molecule has 1 aromatic heterocycles. The second-order valence-electron chi connectivity index (χ2n) is 5.74. The van der Waals surface area contributed by atoms with Gasteiger partial charge in [-0.25, -0.2) is 0 Å². The summed E-state index contributed by atoms with van der Waals surface area (Å²) in [4.78, 5) is 2.33. The highest BCUT2D eigenvalue weighted by Gasteiger charge is 2.25. The van der Waals surface area contributed by atoms with Gasteiger partial charge in [-0.1, -0.05) is 38.1 Å². The standard InChI is InChI=1S/C16H22N4O/c1-12(2)17-10-14-11-21-8-7-20(14)16-15-6-4-3-5-13(15)9-18-19-16/h3-6,9,12,14,17H,7-8,10-11H2,1-2H3. The first-order chi connectivity index (χ1) is 10.3. The minimum absolute atomic E-state index is 0.293. The molecule has 1 fully saturated rings. The van der Waals surface area contributed by atoms with Crippen LogP contribution in [0.1, 0.15) is 13.8 Å². The molecular weight excluding hydrogens is 264 g/mol. The topological polar surface area (TPSA) is 50.3 Å². The van der Waals surface area contributed by atoms with Gasteiger partial charge < -0.3 is 15.0 Å². The third kappa shape index (κ3) is 3.14. The monoisotopic (exact) mass is 286 g/mol. The average molecular weight is 286 g/mol. The highest BCUT2D eigenvalue weighted by atomic mass is 16.5. The zero-order chi connectivity index (χ0) is 14.7. The predicted molar refractivity (Wildman–Crippen MR) is 84.6 cm³/mol. The van der Waals surface area contributed by atoms with Crippen LogP contribution in [0.2, 0.25) is 0 Å². The molecule has 0 spiro atoms. The van der Waals surface area contributed by atoms with Crippen molar-refractivity contribution in [2.75, 3.05) is 31.2 Å². The van der Waals surface area contributed by atoms with E-state index in [0.29, 0.717) is 12.1 Å². The summed E-state index contributed by atoms with van der Waals surface area (Å²) in [5.41, 5.74) is 0. The van der Waals surface area contributed by atoms with Gasteiger partial charge in [-0.2, -0.15) is 5.10 Å². The lowest BCUT2D eigenvalue weighted by Gasteiger charge is -2.37. The summed E-state index contributed by atoms with van der Waals surface area (Å²) in [6, 6.07) is 9.03. The molecule has 1 aromatic carbocycles. The third-order valence-electron chi connectivity index (χ3n) is 3.81. The van der Waals surface area contributed by atoms with Gasteiger partial charge in [0, 0.05) is 29.9 Å². The van der Waals surface area contributed by atoms with Crippen LogP contribution in [0.25, 0.3) is 10.8 Å². The molecular formula is C16H22N4O. The molecule has 1 aliphatic heterocycles. The minimum Gasteiger partial charge on any atom is -0.377 e. The number of nitrogens with one attached hydrogen (secondary N) is 1. The molecule has 21 heavy (non-hydrogen) atoms. The van der Waals surface area contributed by atoms with Gasteiger partial charge in [0.25, 0.3) is 0 Å². The number of ether oxygens (including phenoxy) is 1. The number of rotatable bonds is 4. The number of anilines is 1. The highest BCUT2D eigenvalue weighted by molar-refractivity contribution is 5.91. The van der Waals surface area contributed by atoms with E-state index in [9.17, 15) is 0 Å². The zero-order valence-electron chi connectivity index (χ0n) is 12.6. The van der Waals surface area contributed by atoms with Crippen molar-refractivity contribution in [1.82, 2.24) is 15.5 Å². The summed E-state index contributed by atoms with van der Waals surface area (Å²) >= 11 is 0. The second-order valence-corrected chi connectivity index (χ2v) is 5.74. The Morgan fingerprint density at radius 2 is 2.24 bits per heavy atom. The lowest BCUT2D eigenvalue weighted by atomic mass is 10.1. The van der Waals surface area contributed by atoms with Gasteiger partial charge in [0.05, 0.1) is 25.5 Å². The Morgan fingerprint density at radius 3 is 3.10 bits per heavy atom. The molecule has 2 aromatic rings. The molecule has 3 rings (SSSR count). The van der Waals surface area contributed by atoms with Crippen molar-refractivity contribution < 1.29 is 4.74 Å². The van der Waals surface area contributed by atoms with Crippen LogP contribution in [-0.4, -0.2) is 48.6 Å². The summed E-state index contributed by atoms with van der Waals surface area (Å²) in [6.07, 6.45) is 1.82. The van der Waals surface area contributed by atoms with E-state index in [1.54, 1.807) is 0 Å². The molecule has 5 heteroatoms. The Kier molecular flexibility index (Phi) is 4.31. The van der Waals surface area contributed by atoms with Gasteiger partial charge in [0.1, 0.15) is 0 Å². The fourth-order valence-corrected chi connectivity index (χ4v) is 2.70. The van der Waals surface area contributed by atoms with E-state index in [4.69, 9.17) is 4.74 Å². The maximum Gasteiger partial charge on any atom is 0.159 e. The van der Waals surface area contributed by atoms with Crippen LogP contribution in [0.3, 0.4) is 0 Å². The summed E-state index contributed by atoms with van der Waals surface area (Å²) in [5, 5.41) is 14.3. The average Bonchev–Trinajstić information content (AvgIpc) is 2.53. The Morgan fingerprint density at radius 1 is 1.38 bits per heavy atom. The number of nitrogens with zero attached hydrogens (tertiary/aromatic N) is 3. The number of benzene rings is 1. The predicted octanol–water partition coefficient (Wildman–Crippen LogP) is 1.83. The first-order valence-corrected chi connectivity index (χ1v) is 7.54. The van der Waals surface area contributed by atoms with Crippen molar-refractivity contribution in [2.24, 2.45) is 0 Å². The lowest BCUT2D eigenvalue weighted by molar-refractivity contribution is 0.0928. The smallest absolute Gasteiger partial charge is 0.159 e. The van der Waals surface area contributed by atoms with Gasteiger partial charge in [0.2, 0.25) is 0 Å². The number of hydrogen-bond acceptors (Lipinski definition) is 5.